The number of para-hydroxylation sites is 1. The molecule has 2 aromatic rings. The second-order valence-corrected chi connectivity index (χ2v) is 3.39. The molecule has 0 radical (unpaired) electrons. The average Bonchev–Trinajstić information content (AvgIpc) is 2.81. The number of benzene rings is 1. The van der Waals surface area contributed by atoms with Crippen molar-refractivity contribution in [3.8, 4) is 11.8 Å². The maximum atomic E-state index is 11.3. The molecule has 0 fully saturated rings. The van der Waals surface area contributed by atoms with Gasteiger partial charge in [-0.15, -0.1) is 4.37 Å². The van der Waals surface area contributed by atoms with E-state index in [1.807, 2.05) is 18.2 Å². The van der Waals surface area contributed by atoms with Gasteiger partial charge in [0.15, 0.2) is 6.61 Å². The minimum absolute atomic E-state index is 0.0617. The van der Waals surface area contributed by atoms with Gasteiger partial charge in [-0.25, -0.2) is 4.79 Å². The Morgan fingerprint density at radius 2 is 2.12 bits per heavy atom. The van der Waals surface area contributed by atoms with E-state index in [0.717, 1.165) is 11.5 Å². The van der Waals surface area contributed by atoms with Crippen molar-refractivity contribution in [2.24, 2.45) is 0 Å². The SMILES string of the molecule is O=C(COc1ccccc1)Oc1ncsn1. The van der Waals surface area contributed by atoms with Crippen molar-refractivity contribution in [3.63, 3.8) is 0 Å². The molecule has 0 saturated heterocycles. The lowest BCUT2D eigenvalue weighted by Crippen LogP contribution is -2.18. The van der Waals surface area contributed by atoms with Crippen LogP contribution in [-0.2, 0) is 4.79 Å². The summed E-state index contributed by atoms with van der Waals surface area (Å²) in [5, 5.41) is 0. The van der Waals surface area contributed by atoms with Crippen LogP contribution >= 0.6 is 11.5 Å². The molecule has 0 bridgehead atoms. The molecule has 2 rings (SSSR count). The molecule has 1 aromatic heterocycles. The fraction of sp³-hybridized carbons (Fsp3) is 0.100. The summed E-state index contributed by atoms with van der Waals surface area (Å²) in [4.78, 5) is 15.0. The van der Waals surface area contributed by atoms with Crippen LogP contribution in [0, 0.1) is 0 Å². The lowest BCUT2D eigenvalue weighted by atomic mass is 10.3. The van der Waals surface area contributed by atoms with Gasteiger partial charge in [-0.2, -0.15) is 4.98 Å². The molecule has 0 amide bonds. The van der Waals surface area contributed by atoms with Crippen LogP contribution in [0.1, 0.15) is 0 Å². The van der Waals surface area contributed by atoms with Crippen LogP contribution in [-0.4, -0.2) is 21.9 Å². The summed E-state index contributed by atoms with van der Waals surface area (Å²) in [6.45, 7) is -0.163. The van der Waals surface area contributed by atoms with Crippen LogP contribution < -0.4 is 9.47 Å². The number of carbonyl (C=O) groups excluding carboxylic acids is 1. The first-order chi connectivity index (χ1) is 7.84. The molecule has 5 nitrogen and oxygen atoms in total. The lowest BCUT2D eigenvalue weighted by molar-refractivity contribution is -0.137. The van der Waals surface area contributed by atoms with Gasteiger partial charge >= 0.3 is 12.0 Å². The molecule has 0 spiro atoms. The van der Waals surface area contributed by atoms with Gasteiger partial charge in [0.2, 0.25) is 0 Å². The molecule has 16 heavy (non-hydrogen) atoms. The van der Waals surface area contributed by atoms with Crippen molar-refractivity contribution < 1.29 is 14.3 Å². The van der Waals surface area contributed by atoms with Gasteiger partial charge < -0.3 is 9.47 Å². The van der Waals surface area contributed by atoms with Crippen LogP contribution in [0.2, 0.25) is 0 Å². The Morgan fingerprint density at radius 3 is 2.81 bits per heavy atom. The molecule has 0 aliphatic heterocycles. The van der Waals surface area contributed by atoms with E-state index in [1.54, 1.807) is 12.1 Å². The Labute approximate surface area is 95.8 Å². The number of hydrogen-bond donors (Lipinski definition) is 0. The lowest BCUT2D eigenvalue weighted by Gasteiger charge is -2.03. The number of rotatable bonds is 4. The monoisotopic (exact) mass is 236 g/mol. The Balaban J connectivity index is 1.80. The number of ether oxygens (including phenoxy) is 2. The Morgan fingerprint density at radius 1 is 1.31 bits per heavy atom. The van der Waals surface area contributed by atoms with Crippen molar-refractivity contribution >= 4 is 17.5 Å². The quantitative estimate of drug-likeness (QED) is 0.753. The predicted octanol–water partition coefficient (Wildman–Crippen LogP) is 1.52. The van der Waals surface area contributed by atoms with Gasteiger partial charge in [-0.3, -0.25) is 0 Å². The van der Waals surface area contributed by atoms with E-state index in [2.05, 4.69) is 9.36 Å². The molecular weight excluding hydrogens is 228 g/mol. The molecule has 0 N–H and O–H groups in total. The molecule has 0 aliphatic rings. The van der Waals surface area contributed by atoms with Gasteiger partial charge in [-0.05, 0) is 23.7 Å². The van der Waals surface area contributed by atoms with Crippen LogP contribution in [0.3, 0.4) is 0 Å². The fourth-order valence-corrected chi connectivity index (χ4v) is 1.36. The molecule has 0 saturated carbocycles. The highest BCUT2D eigenvalue weighted by Crippen LogP contribution is 2.08. The Hall–Kier alpha value is -1.95. The van der Waals surface area contributed by atoms with E-state index in [0.29, 0.717) is 5.75 Å². The molecule has 82 valence electrons. The van der Waals surface area contributed by atoms with Crippen LogP contribution in [0.4, 0.5) is 0 Å². The van der Waals surface area contributed by atoms with Crippen molar-refractivity contribution in [1.82, 2.24) is 9.36 Å². The smallest absolute Gasteiger partial charge is 0.351 e. The van der Waals surface area contributed by atoms with Gasteiger partial charge in [0.05, 0.1) is 0 Å². The van der Waals surface area contributed by atoms with Crippen molar-refractivity contribution in [2.45, 2.75) is 0 Å². The van der Waals surface area contributed by atoms with E-state index in [9.17, 15) is 4.79 Å². The second kappa shape index (κ2) is 5.22. The van der Waals surface area contributed by atoms with Crippen molar-refractivity contribution in [1.29, 1.82) is 0 Å². The highest BCUT2D eigenvalue weighted by atomic mass is 32.1. The van der Waals surface area contributed by atoms with E-state index in [4.69, 9.17) is 9.47 Å². The number of esters is 1. The van der Waals surface area contributed by atoms with Crippen molar-refractivity contribution in [3.05, 3.63) is 35.8 Å². The molecule has 0 aliphatic carbocycles. The highest BCUT2D eigenvalue weighted by molar-refractivity contribution is 7.03. The first-order valence-electron chi connectivity index (χ1n) is 4.49. The molecule has 0 atom stereocenters. The first-order valence-corrected chi connectivity index (χ1v) is 5.33. The molecule has 6 heteroatoms. The molecule has 1 heterocycles. The van der Waals surface area contributed by atoms with E-state index >= 15 is 0 Å². The third-order valence-corrected chi connectivity index (χ3v) is 2.11. The fourth-order valence-electron chi connectivity index (χ4n) is 0.996. The van der Waals surface area contributed by atoms with Gasteiger partial charge in [0.25, 0.3) is 0 Å². The maximum absolute atomic E-state index is 11.3. The van der Waals surface area contributed by atoms with Gasteiger partial charge in [-0.1, -0.05) is 18.2 Å². The summed E-state index contributed by atoms with van der Waals surface area (Å²) in [7, 11) is 0. The van der Waals surface area contributed by atoms with Crippen LogP contribution in [0.5, 0.6) is 11.8 Å². The molecule has 1 aromatic carbocycles. The minimum atomic E-state index is -0.526. The number of nitrogens with zero attached hydrogens (tertiary/aromatic N) is 2. The van der Waals surface area contributed by atoms with Crippen LogP contribution in [0.25, 0.3) is 0 Å². The maximum Gasteiger partial charge on any atom is 0.351 e. The zero-order chi connectivity index (χ0) is 11.2. The normalized spacial score (nSPS) is 9.75. The summed E-state index contributed by atoms with van der Waals surface area (Å²) < 4.78 is 13.7. The largest absolute Gasteiger partial charge is 0.482 e. The number of carbonyl (C=O) groups is 1. The Kier molecular flexibility index (Phi) is 3.45. The summed E-state index contributed by atoms with van der Waals surface area (Å²) >= 11 is 1.12. The van der Waals surface area contributed by atoms with Crippen molar-refractivity contribution in [2.75, 3.05) is 6.61 Å². The first kappa shape index (κ1) is 10.6. The zero-order valence-corrected chi connectivity index (χ0v) is 9.02. The molecule has 0 unspecified atom stereocenters. The number of hydrogen-bond acceptors (Lipinski definition) is 6. The van der Waals surface area contributed by atoms with Gasteiger partial charge in [0, 0.05) is 0 Å². The van der Waals surface area contributed by atoms with Crippen LogP contribution in [0.15, 0.2) is 35.8 Å². The standard InChI is InChI=1S/C10H8N2O3S/c13-9(15-10-11-7-16-12-10)6-14-8-4-2-1-3-5-8/h1-5,7H,6H2. The highest BCUT2D eigenvalue weighted by Gasteiger charge is 2.08. The summed E-state index contributed by atoms with van der Waals surface area (Å²) in [6, 6.07) is 9.09. The Bertz CT molecular complexity index is 444. The van der Waals surface area contributed by atoms with Gasteiger partial charge in [0.1, 0.15) is 11.3 Å². The summed E-state index contributed by atoms with van der Waals surface area (Å²) in [6.07, 6.45) is 0. The topological polar surface area (TPSA) is 61.3 Å². The van der Waals surface area contributed by atoms with E-state index in [1.165, 1.54) is 5.51 Å². The number of aromatic nitrogens is 2. The summed E-state index contributed by atoms with van der Waals surface area (Å²) in [5.41, 5.74) is 1.49. The minimum Gasteiger partial charge on any atom is -0.482 e. The summed E-state index contributed by atoms with van der Waals surface area (Å²) in [5.74, 6) is 0.0907. The van der Waals surface area contributed by atoms with E-state index < -0.39 is 5.97 Å². The third-order valence-electron chi connectivity index (χ3n) is 1.65. The zero-order valence-electron chi connectivity index (χ0n) is 8.20. The third kappa shape index (κ3) is 3.03. The van der Waals surface area contributed by atoms with E-state index in [-0.39, 0.29) is 12.6 Å². The molecular formula is C10H8N2O3S. The average molecular weight is 236 g/mol. The predicted molar refractivity (Wildman–Crippen MR) is 57.5 cm³/mol. The second-order valence-electron chi connectivity index (χ2n) is 2.79.